The summed E-state index contributed by atoms with van der Waals surface area (Å²) < 4.78 is 1.98. The zero-order chi connectivity index (χ0) is 12.5. The normalized spacial score (nSPS) is 32.0. The van der Waals surface area contributed by atoms with Gasteiger partial charge in [-0.2, -0.15) is 5.10 Å². The van der Waals surface area contributed by atoms with Gasteiger partial charge >= 0.3 is 0 Å². The van der Waals surface area contributed by atoms with Crippen molar-refractivity contribution in [2.24, 2.45) is 24.8 Å². The summed E-state index contributed by atoms with van der Waals surface area (Å²) in [5, 5.41) is 7.95. The first-order chi connectivity index (χ1) is 8.74. The monoisotopic (exact) mass is 247 g/mol. The average molecular weight is 247 g/mol. The van der Waals surface area contributed by atoms with Gasteiger partial charge in [0.05, 0.1) is 0 Å². The fourth-order valence-electron chi connectivity index (χ4n) is 4.13. The summed E-state index contributed by atoms with van der Waals surface area (Å²) in [6, 6.07) is 2.80. The zero-order valence-corrected chi connectivity index (χ0v) is 11.6. The number of aryl methyl sites for hydroxylation is 1. The van der Waals surface area contributed by atoms with E-state index < -0.39 is 0 Å². The Labute approximate surface area is 110 Å². The van der Waals surface area contributed by atoms with E-state index in [4.69, 9.17) is 0 Å². The highest BCUT2D eigenvalue weighted by molar-refractivity contribution is 5.00. The molecule has 0 amide bonds. The van der Waals surface area contributed by atoms with Gasteiger partial charge in [-0.1, -0.05) is 6.42 Å². The maximum atomic E-state index is 4.21. The summed E-state index contributed by atoms with van der Waals surface area (Å²) in [5.41, 5.74) is 1.32. The highest BCUT2D eigenvalue weighted by Crippen LogP contribution is 2.49. The van der Waals surface area contributed by atoms with E-state index in [1.54, 1.807) is 0 Å². The predicted molar refractivity (Wildman–Crippen MR) is 73.3 cm³/mol. The Morgan fingerprint density at radius 1 is 1.44 bits per heavy atom. The Morgan fingerprint density at radius 2 is 2.33 bits per heavy atom. The van der Waals surface area contributed by atoms with Crippen LogP contribution in [0.4, 0.5) is 0 Å². The Morgan fingerprint density at radius 3 is 2.94 bits per heavy atom. The topological polar surface area (TPSA) is 29.9 Å². The zero-order valence-electron chi connectivity index (χ0n) is 11.6. The van der Waals surface area contributed by atoms with E-state index in [0.29, 0.717) is 6.04 Å². The van der Waals surface area contributed by atoms with Crippen LogP contribution in [-0.4, -0.2) is 22.4 Å². The lowest BCUT2D eigenvalue weighted by Gasteiger charge is -2.28. The second-order valence-corrected chi connectivity index (χ2v) is 6.28. The van der Waals surface area contributed by atoms with Gasteiger partial charge in [-0.15, -0.1) is 0 Å². The number of hydrogen-bond acceptors (Lipinski definition) is 2. The van der Waals surface area contributed by atoms with Crippen LogP contribution >= 0.6 is 0 Å². The molecule has 3 rings (SSSR count). The van der Waals surface area contributed by atoms with E-state index in [2.05, 4.69) is 23.4 Å². The molecule has 1 aromatic rings. The van der Waals surface area contributed by atoms with E-state index in [1.165, 1.54) is 31.4 Å². The molecule has 2 bridgehead atoms. The molecule has 2 fully saturated rings. The number of rotatable bonds is 5. The number of hydrogen-bond donors (Lipinski definition) is 1. The summed E-state index contributed by atoms with van der Waals surface area (Å²) in [6.07, 6.45) is 8.95. The van der Waals surface area contributed by atoms with Crippen LogP contribution in [0, 0.1) is 17.8 Å². The van der Waals surface area contributed by atoms with Gasteiger partial charge < -0.3 is 5.32 Å². The average Bonchev–Trinajstić information content (AvgIpc) is 3.06. The Bertz CT molecular complexity index is 398. The lowest BCUT2D eigenvalue weighted by Crippen LogP contribution is -2.37. The fraction of sp³-hybridized carbons (Fsp3) is 0.800. The second kappa shape index (κ2) is 5.04. The summed E-state index contributed by atoms with van der Waals surface area (Å²) in [5.74, 6) is 3.02. The first kappa shape index (κ1) is 12.2. The van der Waals surface area contributed by atoms with Gasteiger partial charge in [-0.25, -0.2) is 0 Å². The molecule has 0 aromatic carbocycles. The molecular formula is C15H25N3. The molecule has 0 aliphatic heterocycles. The van der Waals surface area contributed by atoms with Gasteiger partial charge in [0.15, 0.2) is 0 Å². The molecule has 1 heterocycles. The molecule has 3 heteroatoms. The van der Waals surface area contributed by atoms with Gasteiger partial charge in [0.25, 0.3) is 0 Å². The van der Waals surface area contributed by atoms with Crippen LogP contribution in [0.25, 0.3) is 0 Å². The maximum absolute atomic E-state index is 4.21. The van der Waals surface area contributed by atoms with Gasteiger partial charge in [-0.3, -0.25) is 4.68 Å². The molecule has 18 heavy (non-hydrogen) atoms. The van der Waals surface area contributed by atoms with Crippen molar-refractivity contribution in [1.82, 2.24) is 15.1 Å². The lowest BCUT2D eigenvalue weighted by molar-refractivity contribution is 0.261. The third-order valence-corrected chi connectivity index (χ3v) is 5.20. The van der Waals surface area contributed by atoms with E-state index >= 15 is 0 Å². The molecule has 2 aliphatic carbocycles. The van der Waals surface area contributed by atoms with E-state index in [1.807, 2.05) is 17.9 Å². The summed E-state index contributed by atoms with van der Waals surface area (Å²) >= 11 is 0. The van der Waals surface area contributed by atoms with Crippen LogP contribution in [0.5, 0.6) is 0 Å². The van der Waals surface area contributed by atoms with E-state index in [-0.39, 0.29) is 0 Å². The maximum Gasteiger partial charge on any atom is 0.0492 e. The highest BCUT2D eigenvalue weighted by Gasteiger charge is 2.41. The molecule has 4 atom stereocenters. The minimum Gasteiger partial charge on any atom is -0.314 e. The minimum atomic E-state index is 0.688. The fourth-order valence-corrected chi connectivity index (χ4v) is 4.13. The summed E-state index contributed by atoms with van der Waals surface area (Å²) in [4.78, 5) is 0. The number of nitrogens with one attached hydrogen (secondary N) is 1. The SMILES string of the molecule is CC(NCCc1ccnn1C)C1CC2CCC1C2. The Balaban J connectivity index is 1.45. The number of fused-ring (bicyclic) bond motifs is 2. The van der Waals surface area contributed by atoms with Crippen molar-refractivity contribution >= 4 is 0 Å². The molecule has 2 aliphatic rings. The third kappa shape index (κ3) is 2.33. The van der Waals surface area contributed by atoms with Crippen molar-refractivity contribution in [3.05, 3.63) is 18.0 Å². The van der Waals surface area contributed by atoms with Crippen LogP contribution in [0.1, 0.15) is 38.3 Å². The summed E-state index contributed by atoms with van der Waals surface area (Å²) in [7, 11) is 2.02. The molecule has 4 unspecified atom stereocenters. The summed E-state index contributed by atoms with van der Waals surface area (Å²) in [6.45, 7) is 3.46. The van der Waals surface area contributed by atoms with Crippen LogP contribution in [0.2, 0.25) is 0 Å². The van der Waals surface area contributed by atoms with Crippen molar-refractivity contribution in [3.63, 3.8) is 0 Å². The van der Waals surface area contributed by atoms with Crippen LogP contribution in [0.15, 0.2) is 12.3 Å². The van der Waals surface area contributed by atoms with Crippen LogP contribution in [-0.2, 0) is 13.5 Å². The predicted octanol–water partition coefficient (Wildman–Crippen LogP) is 2.38. The van der Waals surface area contributed by atoms with Crippen molar-refractivity contribution in [2.45, 2.75) is 45.1 Å². The molecule has 1 aromatic heterocycles. The van der Waals surface area contributed by atoms with Crippen molar-refractivity contribution in [1.29, 1.82) is 0 Å². The molecule has 3 nitrogen and oxygen atoms in total. The van der Waals surface area contributed by atoms with Gasteiger partial charge in [0.2, 0.25) is 0 Å². The van der Waals surface area contributed by atoms with E-state index in [9.17, 15) is 0 Å². The van der Waals surface area contributed by atoms with Crippen LogP contribution in [0.3, 0.4) is 0 Å². The number of nitrogens with zero attached hydrogens (tertiary/aromatic N) is 2. The minimum absolute atomic E-state index is 0.688. The van der Waals surface area contributed by atoms with E-state index in [0.717, 1.165) is 30.7 Å². The molecule has 2 saturated carbocycles. The number of aromatic nitrogens is 2. The molecule has 0 spiro atoms. The highest BCUT2D eigenvalue weighted by atomic mass is 15.3. The van der Waals surface area contributed by atoms with Gasteiger partial charge in [0.1, 0.15) is 0 Å². The van der Waals surface area contributed by atoms with Crippen LogP contribution < -0.4 is 5.32 Å². The first-order valence-corrected chi connectivity index (χ1v) is 7.44. The molecule has 0 saturated heterocycles. The smallest absolute Gasteiger partial charge is 0.0492 e. The molecule has 1 N–H and O–H groups in total. The third-order valence-electron chi connectivity index (χ3n) is 5.20. The van der Waals surface area contributed by atoms with Crippen molar-refractivity contribution < 1.29 is 0 Å². The second-order valence-electron chi connectivity index (χ2n) is 6.28. The first-order valence-electron chi connectivity index (χ1n) is 7.44. The van der Waals surface area contributed by atoms with Gasteiger partial charge in [-0.05, 0) is 50.0 Å². The largest absolute Gasteiger partial charge is 0.314 e. The molecular weight excluding hydrogens is 222 g/mol. The van der Waals surface area contributed by atoms with Gasteiger partial charge in [0, 0.05) is 37.9 Å². The van der Waals surface area contributed by atoms with Crippen molar-refractivity contribution in [2.75, 3.05) is 6.54 Å². The Kier molecular flexibility index (Phi) is 3.42. The lowest BCUT2D eigenvalue weighted by atomic mass is 9.84. The molecule has 0 radical (unpaired) electrons. The van der Waals surface area contributed by atoms with Crippen molar-refractivity contribution in [3.8, 4) is 0 Å². The quantitative estimate of drug-likeness (QED) is 0.866. The molecule has 100 valence electrons. The Hall–Kier alpha value is -0.830. The standard InChI is InChI=1S/C15H25N3/c1-11(15-10-12-3-4-13(15)9-12)16-7-5-14-6-8-17-18(14)2/h6,8,11-13,15-16H,3-5,7,9-10H2,1-2H3.